The normalized spacial score (nSPS) is 19.6. The van der Waals surface area contributed by atoms with Gasteiger partial charge in [0, 0.05) is 39.0 Å². The maximum absolute atomic E-state index is 11.9. The zero-order chi connectivity index (χ0) is 14.8. The van der Waals surface area contributed by atoms with Gasteiger partial charge in [-0.15, -0.1) is 0 Å². The summed E-state index contributed by atoms with van der Waals surface area (Å²) in [5, 5.41) is 13.1. The summed E-state index contributed by atoms with van der Waals surface area (Å²) < 4.78 is 5.22. The minimum absolute atomic E-state index is 0.0306. The first-order valence-corrected chi connectivity index (χ1v) is 7.86. The van der Waals surface area contributed by atoms with Gasteiger partial charge in [0.2, 0.25) is 5.91 Å². The Labute approximate surface area is 122 Å². The summed E-state index contributed by atoms with van der Waals surface area (Å²) in [5.74, 6) is 0.574. The molecule has 5 nitrogen and oxygen atoms in total. The fourth-order valence-corrected chi connectivity index (χ4v) is 2.69. The summed E-state index contributed by atoms with van der Waals surface area (Å²) in [4.78, 5) is 11.9. The number of carbonyl (C=O) groups excluding carboxylic acids is 1. The van der Waals surface area contributed by atoms with Crippen molar-refractivity contribution in [1.82, 2.24) is 5.32 Å². The van der Waals surface area contributed by atoms with Crippen LogP contribution in [0.1, 0.15) is 51.9 Å². The zero-order valence-corrected chi connectivity index (χ0v) is 12.7. The predicted molar refractivity (Wildman–Crippen MR) is 79.3 cm³/mol. The molecule has 4 N–H and O–H groups in total. The lowest BCUT2D eigenvalue weighted by atomic mass is 9.93. The number of carbonyl (C=O) groups is 1. The van der Waals surface area contributed by atoms with Gasteiger partial charge < -0.3 is 20.9 Å². The maximum atomic E-state index is 11.9. The Kier molecular flexibility index (Phi) is 8.11. The summed E-state index contributed by atoms with van der Waals surface area (Å²) in [6.45, 7) is 4.32. The van der Waals surface area contributed by atoms with Crippen molar-refractivity contribution in [3.8, 4) is 0 Å². The summed E-state index contributed by atoms with van der Waals surface area (Å²) >= 11 is 0. The Hall–Kier alpha value is -0.650. The van der Waals surface area contributed by atoms with Crippen molar-refractivity contribution in [2.24, 2.45) is 11.7 Å². The van der Waals surface area contributed by atoms with Gasteiger partial charge in [0.25, 0.3) is 0 Å². The van der Waals surface area contributed by atoms with Gasteiger partial charge in [0.1, 0.15) is 0 Å². The second kappa shape index (κ2) is 9.32. The van der Waals surface area contributed by atoms with Gasteiger partial charge in [-0.3, -0.25) is 4.79 Å². The predicted octanol–water partition coefficient (Wildman–Crippen LogP) is 1.19. The van der Waals surface area contributed by atoms with E-state index >= 15 is 0 Å². The van der Waals surface area contributed by atoms with Gasteiger partial charge in [-0.1, -0.05) is 19.8 Å². The summed E-state index contributed by atoms with van der Waals surface area (Å²) in [6, 6.07) is 0. The zero-order valence-electron chi connectivity index (χ0n) is 12.7. The molecule has 0 spiro atoms. The Morgan fingerprint density at radius 3 is 2.65 bits per heavy atom. The van der Waals surface area contributed by atoms with Gasteiger partial charge in [0.05, 0.1) is 5.60 Å². The molecule has 1 rings (SSSR count). The topological polar surface area (TPSA) is 84.6 Å². The number of rotatable bonds is 9. The van der Waals surface area contributed by atoms with Crippen LogP contribution in [0.3, 0.4) is 0 Å². The first-order valence-electron chi connectivity index (χ1n) is 7.86. The van der Waals surface area contributed by atoms with Crippen LogP contribution in [0, 0.1) is 5.92 Å². The molecule has 1 amide bonds. The minimum atomic E-state index is -0.784. The van der Waals surface area contributed by atoms with Gasteiger partial charge >= 0.3 is 0 Å². The lowest BCUT2D eigenvalue weighted by molar-refractivity contribution is -0.124. The molecule has 0 aliphatic carbocycles. The van der Waals surface area contributed by atoms with E-state index in [0.717, 1.165) is 25.7 Å². The van der Waals surface area contributed by atoms with Crippen LogP contribution < -0.4 is 11.1 Å². The lowest BCUT2D eigenvalue weighted by Crippen LogP contribution is -2.46. The van der Waals surface area contributed by atoms with Crippen molar-refractivity contribution in [3.63, 3.8) is 0 Å². The largest absolute Gasteiger partial charge is 0.388 e. The summed E-state index contributed by atoms with van der Waals surface area (Å²) in [7, 11) is 0. The smallest absolute Gasteiger partial charge is 0.220 e. The van der Waals surface area contributed by atoms with Gasteiger partial charge in [-0.05, 0) is 25.3 Å². The van der Waals surface area contributed by atoms with Gasteiger partial charge in [-0.2, -0.15) is 0 Å². The van der Waals surface area contributed by atoms with E-state index in [1.54, 1.807) is 0 Å². The molecule has 0 aromatic carbocycles. The lowest BCUT2D eigenvalue weighted by Gasteiger charge is -2.32. The molecular weight excluding hydrogens is 256 g/mol. The highest BCUT2D eigenvalue weighted by atomic mass is 16.5. The first kappa shape index (κ1) is 17.4. The van der Waals surface area contributed by atoms with Crippen LogP contribution >= 0.6 is 0 Å². The molecule has 20 heavy (non-hydrogen) atoms. The van der Waals surface area contributed by atoms with E-state index in [1.807, 2.05) is 0 Å². The van der Waals surface area contributed by atoms with Crippen molar-refractivity contribution < 1.29 is 14.6 Å². The second-order valence-electron chi connectivity index (χ2n) is 5.88. The molecule has 5 heteroatoms. The Morgan fingerprint density at radius 1 is 1.35 bits per heavy atom. The molecule has 118 valence electrons. The average molecular weight is 286 g/mol. The van der Waals surface area contributed by atoms with Crippen LogP contribution in [0.5, 0.6) is 0 Å². The highest BCUT2D eigenvalue weighted by Crippen LogP contribution is 2.20. The molecule has 1 heterocycles. The van der Waals surface area contributed by atoms with Crippen LogP contribution in [-0.2, 0) is 9.53 Å². The average Bonchev–Trinajstić information content (AvgIpc) is 2.44. The van der Waals surface area contributed by atoms with Crippen molar-refractivity contribution in [1.29, 1.82) is 0 Å². The van der Waals surface area contributed by atoms with Crippen LogP contribution in [0.15, 0.2) is 0 Å². The van der Waals surface area contributed by atoms with E-state index in [-0.39, 0.29) is 5.91 Å². The van der Waals surface area contributed by atoms with Gasteiger partial charge in [-0.25, -0.2) is 0 Å². The third-order valence-corrected chi connectivity index (χ3v) is 4.09. The summed E-state index contributed by atoms with van der Waals surface area (Å²) in [5.41, 5.74) is 4.81. The minimum Gasteiger partial charge on any atom is -0.388 e. The van der Waals surface area contributed by atoms with Crippen LogP contribution in [-0.4, -0.2) is 42.9 Å². The number of hydrogen-bond acceptors (Lipinski definition) is 4. The van der Waals surface area contributed by atoms with Crippen LogP contribution in [0.2, 0.25) is 0 Å². The van der Waals surface area contributed by atoms with Crippen molar-refractivity contribution in [2.45, 2.75) is 57.5 Å². The van der Waals surface area contributed by atoms with Gasteiger partial charge in [0.15, 0.2) is 0 Å². The van der Waals surface area contributed by atoms with E-state index in [4.69, 9.17) is 10.5 Å². The number of nitrogens with one attached hydrogen (secondary N) is 1. The fraction of sp³-hybridized carbons (Fsp3) is 0.933. The summed E-state index contributed by atoms with van der Waals surface area (Å²) in [6.07, 6.45) is 5.85. The molecule has 1 unspecified atom stereocenters. The number of nitrogens with two attached hydrogens (primary N) is 1. The number of aliphatic hydroxyl groups is 1. The first-order chi connectivity index (χ1) is 9.59. The Balaban J connectivity index is 2.21. The van der Waals surface area contributed by atoms with Crippen molar-refractivity contribution in [3.05, 3.63) is 0 Å². The number of ether oxygens (including phenoxy) is 1. The number of hydrogen-bond donors (Lipinski definition) is 3. The third kappa shape index (κ3) is 6.68. The molecule has 1 aliphatic heterocycles. The molecule has 1 atom stereocenters. The van der Waals surface area contributed by atoms with Crippen molar-refractivity contribution in [2.75, 3.05) is 26.3 Å². The molecule has 1 fully saturated rings. The SMILES string of the molecule is CCCC(CCN)CCC(=O)NCC1(O)CCOCC1. The van der Waals surface area contributed by atoms with E-state index in [0.29, 0.717) is 51.5 Å². The molecular formula is C15H30N2O3. The molecule has 0 saturated carbocycles. The third-order valence-electron chi connectivity index (χ3n) is 4.09. The van der Waals surface area contributed by atoms with E-state index in [2.05, 4.69) is 12.2 Å². The van der Waals surface area contributed by atoms with Crippen LogP contribution in [0.4, 0.5) is 0 Å². The standard InChI is InChI=1S/C15H30N2O3/c1-2-3-13(6-9-16)4-5-14(18)17-12-15(19)7-10-20-11-8-15/h13,19H,2-12,16H2,1H3,(H,17,18). The number of amides is 1. The molecule has 0 aromatic rings. The van der Waals surface area contributed by atoms with E-state index in [9.17, 15) is 9.90 Å². The molecule has 0 radical (unpaired) electrons. The van der Waals surface area contributed by atoms with Crippen LogP contribution in [0.25, 0.3) is 0 Å². The molecule has 0 aromatic heterocycles. The molecule has 1 aliphatic rings. The molecule has 1 saturated heterocycles. The quantitative estimate of drug-likeness (QED) is 0.594. The van der Waals surface area contributed by atoms with E-state index in [1.165, 1.54) is 0 Å². The van der Waals surface area contributed by atoms with E-state index < -0.39 is 5.60 Å². The highest BCUT2D eigenvalue weighted by molar-refractivity contribution is 5.75. The maximum Gasteiger partial charge on any atom is 0.220 e. The highest BCUT2D eigenvalue weighted by Gasteiger charge is 2.30. The van der Waals surface area contributed by atoms with Crippen molar-refractivity contribution >= 4 is 5.91 Å². The Morgan fingerprint density at radius 2 is 2.05 bits per heavy atom. The fourth-order valence-electron chi connectivity index (χ4n) is 2.69. The molecule has 0 bridgehead atoms. The monoisotopic (exact) mass is 286 g/mol. The second-order valence-corrected chi connectivity index (χ2v) is 5.88. The Bertz CT molecular complexity index is 272.